The highest BCUT2D eigenvalue weighted by Crippen LogP contribution is 2.01. The Morgan fingerprint density at radius 2 is 2.40 bits per heavy atom. The number of carbonyl (C=O) groups is 1. The minimum Gasteiger partial charge on any atom is -0.350 e. The molecule has 5 heteroatoms. The van der Waals surface area contributed by atoms with Crippen LogP contribution >= 0.6 is 0 Å². The van der Waals surface area contributed by atoms with Crippen LogP contribution in [0.4, 0.5) is 0 Å². The monoisotopic (exact) mass is 210 g/mol. The third-order valence-corrected chi connectivity index (χ3v) is 2.25. The predicted octanol–water partition coefficient (Wildman–Crippen LogP) is 0.0531. The second-order valence-corrected chi connectivity index (χ2v) is 3.85. The van der Waals surface area contributed by atoms with Crippen molar-refractivity contribution in [3.8, 4) is 0 Å². The van der Waals surface area contributed by atoms with Crippen LogP contribution in [0.1, 0.15) is 23.1 Å². The van der Waals surface area contributed by atoms with E-state index in [9.17, 15) is 4.79 Å². The predicted molar refractivity (Wildman–Crippen MR) is 58.5 cm³/mol. The van der Waals surface area contributed by atoms with Crippen molar-refractivity contribution >= 4 is 5.91 Å². The molecule has 0 spiro atoms. The van der Waals surface area contributed by atoms with Crippen molar-refractivity contribution in [1.82, 2.24) is 15.1 Å². The molecule has 0 fully saturated rings. The van der Waals surface area contributed by atoms with Crippen LogP contribution in [0.5, 0.6) is 0 Å². The van der Waals surface area contributed by atoms with Gasteiger partial charge in [0.15, 0.2) is 0 Å². The van der Waals surface area contributed by atoms with E-state index in [2.05, 4.69) is 10.4 Å². The molecule has 84 valence electrons. The zero-order valence-electron chi connectivity index (χ0n) is 9.45. The van der Waals surface area contributed by atoms with E-state index < -0.39 is 0 Å². The number of aryl methyl sites for hydroxylation is 2. The Bertz CT molecular complexity index is 345. The summed E-state index contributed by atoms with van der Waals surface area (Å²) in [7, 11) is 1.76. The van der Waals surface area contributed by atoms with E-state index in [1.165, 1.54) is 0 Å². The number of nitrogens with two attached hydrogens (primary N) is 1. The molecular formula is C10H18N4O. The molecule has 0 radical (unpaired) electrons. The Labute approximate surface area is 89.6 Å². The van der Waals surface area contributed by atoms with E-state index in [0.29, 0.717) is 24.7 Å². The van der Waals surface area contributed by atoms with Gasteiger partial charge in [-0.05, 0) is 25.5 Å². The summed E-state index contributed by atoms with van der Waals surface area (Å²) in [6.07, 6.45) is 0. The van der Waals surface area contributed by atoms with Crippen molar-refractivity contribution in [1.29, 1.82) is 0 Å². The Morgan fingerprint density at radius 3 is 2.87 bits per heavy atom. The number of rotatable bonds is 4. The number of carbonyl (C=O) groups excluding carboxylic acids is 1. The Morgan fingerprint density at radius 1 is 1.73 bits per heavy atom. The maximum Gasteiger partial charge on any atom is 0.269 e. The summed E-state index contributed by atoms with van der Waals surface area (Å²) >= 11 is 0. The first-order chi connectivity index (χ1) is 7.04. The lowest BCUT2D eigenvalue weighted by Crippen LogP contribution is -2.32. The topological polar surface area (TPSA) is 72.9 Å². The molecule has 0 saturated carbocycles. The van der Waals surface area contributed by atoms with Gasteiger partial charge in [-0.2, -0.15) is 5.10 Å². The summed E-state index contributed by atoms with van der Waals surface area (Å²) < 4.78 is 1.58. The van der Waals surface area contributed by atoms with Crippen molar-refractivity contribution in [2.45, 2.75) is 13.8 Å². The molecule has 1 atom stereocenters. The highest BCUT2D eigenvalue weighted by molar-refractivity contribution is 5.92. The van der Waals surface area contributed by atoms with Crippen LogP contribution in [0.2, 0.25) is 0 Å². The normalized spacial score (nSPS) is 12.5. The molecule has 0 aromatic carbocycles. The van der Waals surface area contributed by atoms with Crippen LogP contribution < -0.4 is 11.1 Å². The molecule has 1 heterocycles. The van der Waals surface area contributed by atoms with Gasteiger partial charge in [0.05, 0.1) is 5.69 Å². The van der Waals surface area contributed by atoms with Crippen molar-refractivity contribution in [3.05, 3.63) is 17.5 Å². The van der Waals surface area contributed by atoms with E-state index in [0.717, 1.165) is 5.69 Å². The smallest absolute Gasteiger partial charge is 0.269 e. The summed E-state index contributed by atoms with van der Waals surface area (Å²) in [4.78, 5) is 11.7. The molecule has 3 N–H and O–H groups in total. The first-order valence-corrected chi connectivity index (χ1v) is 5.03. The Balaban J connectivity index is 2.58. The lowest BCUT2D eigenvalue weighted by atomic mass is 10.2. The molecule has 5 nitrogen and oxygen atoms in total. The highest BCUT2D eigenvalue weighted by Gasteiger charge is 2.11. The average Bonchev–Trinajstić information content (AvgIpc) is 2.53. The summed E-state index contributed by atoms with van der Waals surface area (Å²) in [5.41, 5.74) is 6.88. The minimum absolute atomic E-state index is 0.0987. The van der Waals surface area contributed by atoms with Gasteiger partial charge < -0.3 is 11.1 Å². The molecule has 1 aromatic heterocycles. The van der Waals surface area contributed by atoms with E-state index >= 15 is 0 Å². The molecule has 1 unspecified atom stereocenters. The van der Waals surface area contributed by atoms with Gasteiger partial charge >= 0.3 is 0 Å². The van der Waals surface area contributed by atoms with E-state index in [4.69, 9.17) is 5.73 Å². The number of aromatic nitrogens is 2. The maximum absolute atomic E-state index is 11.7. The van der Waals surface area contributed by atoms with E-state index in [-0.39, 0.29) is 5.91 Å². The fourth-order valence-corrected chi connectivity index (χ4v) is 1.26. The molecule has 1 rings (SSSR count). The van der Waals surface area contributed by atoms with Crippen LogP contribution in [0.25, 0.3) is 0 Å². The van der Waals surface area contributed by atoms with Crippen LogP contribution in [-0.4, -0.2) is 28.8 Å². The van der Waals surface area contributed by atoms with E-state index in [1.54, 1.807) is 17.8 Å². The van der Waals surface area contributed by atoms with Gasteiger partial charge in [0, 0.05) is 13.6 Å². The second kappa shape index (κ2) is 4.93. The number of hydrogen-bond acceptors (Lipinski definition) is 3. The van der Waals surface area contributed by atoms with Crippen molar-refractivity contribution in [2.24, 2.45) is 18.7 Å². The zero-order chi connectivity index (χ0) is 11.4. The summed E-state index contributed by atoms with van der Waals surface area (Å²) in [5.74, 6) is 0.196. The summed E-state index contributed by atoms with van der Waals surface area (Å²) in [6.45, 7) is 5.03. The molecule has 0 saturated heterocycles. The lowest BCUT2D eigenvalue weighted by Gasteiger charge is -2.09. The first-order valence-electron chi connectivity index (χ1n) is 5.03. The number of nitrogens with one attached hydrogen (secondary N) is 1. The molecule has 0 aliphatic rings. The van der Waals surface area contributed by atoms with Crippen LogP contribution in [0.3, 0.4) is 0 Å². The van der Waals surface area contributed by atoms with Gasteiger partial charge in [0.1, 0.15) is 5.69 Å². The van der Waals surface area contributed by atoms with Gasteiger partial charge in [-0.25, -0.2) is 0 Å². The number of amides is 1. The van der Waals surface area contributed by atoms with Crippen LogP contribution in [0.15, 0.2) is 6.07 Å². The van der Waals surface area contributed by atoms with Crippen molar-refractivity contribution in [3.63, 3.8) is 0 Å². The first kappa shape index (κ1) is 11.7. The summed E-state index contributed by atoms with van der Waals surface area (Å²) in [5, 5.41) is 6.93. The minimum atomic E-state index is -0.0987. The van der Waals surface area contributed by atoms with Gasteiger partial charge in [0.25, 0.3) is 5.91 Å². The molecular weight excluding hydrogens is 192 g/mol. The van der Waals surface area contributed by atoms with Crippen LogP contribution in [-0.2, 0) is 7.05 Å². The van der Waals surface area contributed by atoms with Crippen LogP contribution in [0, 0.1) is 12.8 Å². The molecule has 1 amide bonds. The fraction of sp³-hybridized carbons (Fsp3) is 0.600. The quantitative estimate of drug-likeness (QED) is 0.737. The van der Waals surface area contributed by atoms with Gasteiger partial charge in [-0.1, -0.05) is 6.92 Å². The third kappa shape index (κ3) is 3.06. The molecule has 0 bridgehead atoms. The maximum atomic E-state index is 11.7. The van der Waals surface area contributed by atoms with Gasteiger partial charge in [-0.15, -0.1) is 0 Å². The van der Waals surface area contributed by atoms with Crippen molar-refractivity contribution in [2.75, 3.05) is 13.1 Å². The molecule has 1 aromatic rings. The van der Waals surface area contributed by atoms with Gasteiger partial charge in [-0.3, -0.25) is 9.48 Å². The average molecular weight is 210 g/mol. The zero-order valence-corrected chi connectivity index (χ0v) is 9.45. The largest absolute Gasteiger partial charge is 0.350 e. The van der Waals surface area contributed by atoms with Gasteiger partial charge in [0.2, 0.25) is 0 Å². The fourth-order valence-electron chi connectivity index (χ4n) is 1.26. The summed E-state index contributed by atoms with van der Waals surface area (Å²) in [6, 6.07) is 1.77. The highest BCUT2D eigenvalue weighted by atomic mass is 16.2. The van der Waals surface area contributed by atoms with E-state index in [1.807, 2.05) is 13.8 Å². The van der Waals surface area contributed by atoms with Crippen molar-refractivity contribution < 1.29 is 4.79 Å². The molecule has 15 heavy (non-hydrogen) atoms. The number of nitrogens with zero attached hydrogens (tertiary/aromatic N) is 2. The Kier molecular flexibility index (Phi) is 3.85. The SMILES string of the molecule is Cc1cc(C(=O)NCC(C)CN)n(C)n1. The molecule has 0 aliphatic carbocycles. The lowest BCUT2D eigenvalue weighted by molar-refractivity contribution is 0.0939. The number of hydrogen-bond donors (Lipinski definition) is 2. The third-order valence-electron chi connectivity index (χ3n) is 2.25. The molecule has 0 aliphatic heterocycles. The standard InChI is InChI=1S/C10H18N4O/c1-7(5-11)6-12-10(15)9-4-8(2)13-14(9)3/h4,7H,5-6,11H2,1-3H3,(H,12,15). The second-order valence-electron chi connectivity index (χ2n) is 3.85. The Hall–Kier alpha value is -1.36.